The SMILES string of the molecule is C=C[CH2-].C=C[CH2-].C=C[CH2-].[CH2-]C=CC.[Cr+4]. The molecule has 0 aromatic rings. The fraction of sp³-hybridized carbons (Fsp3) is 0.0769. The minimum absolute atomic E-state index is 0. The van der Waals surface area contributed by atoms with Gasteiger partial charge in [-0.05, 0) is 0 Å². The monoisotopic (exact) mass is 230 g/mol. The van der Waals surface area contributed by atoms with E-state index in [0.29, 0.717) is 0 Å². The van der Waals surface area contributed by atoms with Crippen molar-refractivity contribution in [2.75, 3.05) is 0 Å². The van der Waals surface area contributed by atoms with Crippen LogP contribution in [0.15, 0.2) is 50.1 Å². The number of hydrogen-bond acceptors (Lipinski definition) is 0. The molecule has 0 saturated heterocycles. The summed E-state index contributed by atoms with van der Waals surface area (Å²) in [4.78, 5) is 0. The van der Waals surface area contributed by atoms with E-state index in [4.69, 9.17) is 0 Å². The maximum Gasteiger partial charge on any atom is 4.00 e. The Morgan fingerprint density at radius 2 is 0.857 bits per heavy atom. The van der Waals surface area contributed by atoms with Crippen molar-refractivity contribution in [3.63, 3.8) is 0 Å². The molecule has 0 radical (unpaired) electrons. The predicted molar refractivity (Wildman–Crippen MR) is 66.8 cm³/mol. The maximum atomic E-state index is 3.42. The quantitative estimate of drug-likeness (QED) is 0.541. The first-order chi connectivity index (χ1) is 6.16. The molecule has 0 spiro atoms. The molecule has 14 heavy (non-hydrogen) atoms. The summed E-state index contributed by atoms with van der Waals surface area (Å²) in [5.41, 5.74) is 0. The molecule has 0 aromatic heterocycles. The molecule has 0 aliphatic heterocycles. The number of allylic oxidation sites excluding steroid dienone is 5. The van der Waals surface area contributed by atoms with E-state index in [1.165, 1.54) is 18.2 Å². The number of rotatable bonds is 0. The van der Waals surface area contributed by atoms with Crippen LogP contribution in [0.5, 0.6) is 0 Å². The van der Waals surface area contributed by atoms with Gasteiger partial charge in [0.25, 0.3) is 0 Å². The smallest absolute Gasteiger partial charge is 0.245 e. The Balaban J connectivity index is -0.0000000254. The molecule has 0 atom stereocenters. The van der Waals surface area contributed by atoms with Gasteiger partial charge in [0.15, 0.2) is 0 Å². The van der Waals surface area contributed by atoms with Crippen molar-refractivity contribution in [2.45, 2.75) is 6.92 Å². The molecule has 1 heteroatoms. The zero-order valence-electron chi connectivity index (χ0n) is 9.24. The van der Waals surface area contributed by atoms with Crippen molar-refractivity contribution in [2.24, 2.45) is 0 Å². The Kier molecular flexibility index (Phi) is 191. The molecular weight excluding hydrogens is 208 g/mol. The first-order valence-corrected chi connectivity index (χ1v) is 3.77. The minimum Gasteiger partial charge on any atom is -0.245 e. The molecule has 0 heterocycles. The van der Waals surface area contributed by atoms with E-state index in [9.17, 15) is 0 Å². The first kappa shape index (κ1) is 29.3. The number of hydrogen-bond donors (Lipinski definition) is 0. The second-order valence-electron chi connectivity index (χ2n) is 1.44. The van der Waals surface area contributed by atoms with E-state index in [2.05, 4.69) is 47.4 Å². The Labute approximate surface area is 102 Å². The van der Waals surface area contributed by atoms with Crippen LogP contribution in [-0.4, -0.2) is 0 Å². The fourth-order valence-electron chi connectivity index (χ4n) is 0. The van der Waals surface area contributed by atoms with E-state index in [1.54, 1.807) is 6.08 Å². The first-order valence-electron chi connectivity index (χ1n) is 3.77. The molecule has 0 rings (SSSR count). The van der Waals surface area contributed by atoms with E-state index in [0.717, 1.165) is 0 Å². The third-order valence-corrected chi connectivity index (χ3v) is 0.236. The van der Waals surface area contributed by atoms with Crippen LogP contribution in [0.1, 0.15) is 6.92 Å². The average Bonchev–Trinajstić information content (AvgIpc) is 2.08. The summed E-state index contributed by atoms with van der Waals surface area (Å²) in [5.74, 6) is 0. The fourth-order valence-corrected chi connectivity index (χ4v) is 0. The van der Waals surface area contributed by atoms with Crippen LogP contribution in [-0.2, 0) is 17.4 Å². The van der Waals surface area contributed by atoms with Crippen LogP contribution in [0.4, 0.5) is 0 Å². The largest absolute Gasteiger partial charge is 4.00 e. The van der Waals surface area contributed by atoms with Crippen LogP contribution >= 0.6 is 0 Å². The van der Waals surface area contributed by atoms with Gasteiger partial charge in [-0.15, -0.1) is 6.92 Å². The third kappa shape index (κ3) is 1440000. The van der Waals surface area contributed by atoms with Crippen LogP contribution in [0.2, 0.25) is 0 Å². The van der Waals surface area contributed by atoms with Gasteiger partial charge in [0.05, 0.1) is 0 Å². The van der Waals surface area contributed by atoms with Gasteiger partial charge < -0.3 is 0 Å². The van der Waals surface area contributed by atoms with Gasteiger partial charge in [0, 0.05) is 0 Å². The Bertz CT molecular complexity index is 83.5. The molecule has 0 saturated carbocycles. The van der Waals surface area contributed by atoms with Crippen LogP contribution in [0.3, 0.4) is 0 Å². The standard InChI is InChI=1S/C4H7.3C3H5.Cr/c1-3-4-2;3*1-3-2;/h3-4H,1H2,2H3;3*3H,1-2H2;/q4*-1;+4. The second kappa shape index (κ2) is 91.3. The van der Waals surface area contributed by atoms with Crippen LogP contribution < -0.4 is 0 Å². The normalized spacial score (nSPS) is 5.21. The molecule has 0 N–H and O–H groups in total. The summed E-state index contributed by atoms with van der Waals surface area (Å²) in [5, 5.41) is 0. The summed E-state index contributed by atoms with van der Waals surface area (Å²) < 4.78 is 0. The van der Waals surface area contributed by atoms with Crippen molar-refractivity contribution in [1.29, 1.82) is 0 Å². The van der Waals surface area contributed by atoms with E-state index in [-0.39, 0.29) is 17.4 Å². The van der Waals surface area contributed by atoms with Gasteiger partial charge in [0.2, 0.25) is 0 Å². The van der Waals surface area contributed by atoms with Crippen molar-refractivity contribution in [1.82, 2.24) is 0 Å². The molecule has 80 valence electrons. The summed E-state index contributed by atoms with van der Waals surface area (Å²) in [6, 6.07) is 0. The Morgan fingerprint density at radius 1 is 0.786 bits per heavy atom. The zero-order valence-corrected chi connectivity index (χ0v) is 10.5. The molecule has 0 aliphatic rings. The summed E-state index contributed by atoms with van der Waals surface area (Å²) in [7, 11) is 0. The average molecular weight is 230 g/mol. The third-order valence-electron chi connectivity index (χ3n) is 0.236. The summed E-state index contributed by atoms with van der Waals surface area (Å²) in [6.45, 7) is 24.9. The van der Waals surface area contributed by atoms with Gasteiger partial charge in [0.1, 0.15) is 0 Å². The molecular formula is C13H22Cr. The van der Waals surface area contributed by atoms with Crippen LogP contribution in [0, 0.1) is 27.7 Å². The predicted octanol–water partition coefficient (Wildman–Crippen LogP) is 4.41. The maximum absolute atomic E-state index is 3.42. The van der Waals surface area contributed by atoms with E-state index >= 15 is 0 Å². The van der Waals surface area contributed by atoms with Gasteiger partial charge in [-0.1, -0.05) is 0 Å². The minimum atomic E-state index is 0. The van der Waals surface area contributed by atoms with Crippen molar-refractivity contribution in [3.05, 3.63) is 77.8 Å². The molecule has 0 aliphatic carbocycles. The molecule has 0 aromatic carbocycles. The van der Waals surface area contributed by atoms with Crippen molar-refractivity contribution in [3.8, 4) is 0 Å². The second-order valence-corrected chi connectivity index (χ2v) is 1.44. The van der Waals surface area contributed by atoms with Gasteiger partial charge in [-0.2, -0.15) is 0 Å². The van der Waals surface area contributed by atoms with Crippen molar-refractivity contribution < 1.29 is 17.4 Å². The molecule has 0 bridgehead atoms. The summed E-state index contributed by atoms with van der Waals surface area (Å²) in [6.07, 6.45) is 8.14. The van der Waals surface area contributed by atoms with Crippen LogP contribution in [0.25, 0.3) is 0 Å². The van der Waals surface area contributed by atoms with Gasteiger partial charge >= 0.3 is 17.4 Å². The molecule has 0 nitrogen and oxygen atoms in total. The Hall–Kier alpha value is -1.03. The van der Waals surface area contributed by atoms with E-state index in [1.807, 2.05) is 13.0 Å². The zero-order chi connectivity index (χ0) is 11.5. The Morgan fingerprint density at radius 3 is 0.857 bits per heavy atom. The molecule has 0 amide bonds. The van der Waals surface area contributed by atoms with E-state index < -0.39 is 0 Å². The van der Waals surface area contributed by atoms with Gasteiger partial charge in [-0.3, -0.25) is 0 Å². The molecule has 0 fully saturated rings. The summed E-state index contributed by atoms with van der Waals surface area (Å²) >= 11 is 0. The van der Waals surface area contributed by atoms with Crippen molar-refractivity contribution >= 4 is 0 Å². The molecule has 0 unspecified atom stereocenters. The van der Waals surface area contributed by atoms with Gasteiger partial charge in [-0.25, -0.2) is 77.8 Å². The topological polar surface area (TPSA) is 0 Å².